The van der Waals surface area contributed by atoms with E-state index in [9.17, 15) is 19.2 Å². The number of carboxylic acids is 1. The van der Waals surface area contributed by atoms with Gasteiger partial charge >= 0.3 is 12.0 Å². The summed E-state index contributed by atoms with van der Waals surface area (Å²) in [6, 6.07) is -0.807. The van der Waals surface area contributed by atoms with Gasteiger partial charge in [-0.15, -0.1) is 0 Å². The summed E-state index contributed by atoms with van der Waals surface area (Å²) < 4.78 is 0. The number of rotatable bonds is 6. The molecule has 20 heavy (non-hydrogen) atoms. The molecule has 0 radical (unpaired) electrons. The van der Waals surface area contributed by atoms with E-state index in [4.69, 9.17) is 10.8 Å². The smallest absolute Gasteiger partial charge is 0.323 e. The Morgan fingerprint density at radius 3 is 2.25 bits per heavy atom. The van der Waals surface area contributed by atoms with Gasteiger partial charge in [-0.2, -0.15) is 0 Å². The molecule has 0 aromatic heterocycles. The number of carbonyl (C=O) groups excluding carboxylic acids is 3. The number of hydrogen-bond acceptors (Lipinski definition) is 4. The molecule has 1 fully saturated rings. The van der Waals surface area contributed by atoms with Crippen LogP contribution in [0.4, 0.5) is 4.79 Å². The van der Waals surface area contributed by atoms with Crippen molar-refractivity contribution >= 4 is 23.8 Å². The van der Waals surface area contributed by atoms with E-state index in [1.807, 2.05) is 0 Å². The molecule has 4 amide bonds. The standard InChI is InChI=1S/C11H18N4O5/c12-8(16)6-15(7-10(18)19)11(20)13-5-9(17)14-3-1-2-4-14/h1-7H2,(H2,12,16)(H,13,20)(H,18,19). The van der Waals surface area contributed by atoms with Crippen molar-refractivity contribution in [2.24, 2.45) is 5.73 Å². The Morgan fingerprint density at radius 1 is 1.15 bits per heavy atom. The second kappa shape index (κ2) is 7.31. The third-order valence-corrected chi connectivity index (χ3v) is 2.81. The summed E-state index contributed by atoms with van der Waals surface area (Å²) in [4.78, 5) is 47.1. The molecular formula is C11H18N4O5. The number of likely N-dealkylation sites (tertiary alicyclic amines) is 1. The Bertz CT molecular complexity index is 390. The lowest BCUT2D eigenvalue weighted by Gasteiger charge is -2.21. The molecule has 0 bridgehead atoms. The minimum atomic E-state index is -1.27. The van der Waals surface area contributed by atoms with Crippen molar-refractivity contribution in [1.29, 1.82) is 0 Å². The summed E-state index contributed by atoms with van der Waals surface area (Å²) >= 11 is 0. The maximum absolute atomic E-state index is 11.7. The lowest BCUT2D eigenvalue weighted by atomic mass is 10.4. The van der Waals surface area contributed by atoms with Crippen LogP contribution in [0.25, 0.3) is 0 Å². The number of nitrogens with one attached hydrogen (secondary N) is 1. The molecule has 9 heteroatoms. The molecule has 0 spiro atoms. The molecule has 0 atom stereocenters. The van der Waals surface area contributed by atoms with E-state index >= 15 is 0 Å². The molecule has 0 aromatic carbocycles. The monoisotopic (exact) mass is 286 g/mol. The largest absolute Gasteiger partial charge is 0.480 e. The maximum Gasteiger partial charge on any atom is 0.323 e. The van der Waals surface area contributed by atoms with E-state index in [2.05, 4.69) is 5.32 Å². The molecular weight excluding hydrogens is 268 g/mol. The molecule has 0 saturated carbocycles. The summed E-state index contributed by atoms with van der Waals surface area (Å²) in [7, 11) is 0. The number of carbonyl (C=O) groups is 4. The van der Waals surface area contributed by atoms with E-state index < -0.39 is 31.0 Å². The fourth-order valence-corrected chi connectivity index (χ4v) is 1.89. The number of nitrogens with two attached hydrogens (primary N) is 1. The van der Waals surface area contributed by atoms with Gasteiger partial charge in [-0.3, -0.25) is 14.4 Å². The van der Waals surface area contributed by atoms with Crippen LogP contribution in [0.2, 0.25) is 0 Å². The van der Waals surface area contributed by atoms with Gasteiger partial charge in [0.15, 0.2) is 0 Å². The summed E-state index contributed by atoms with van der Waals surface area (Å²) in [5.74, 6) is -2.33. The van der Waals surface area contributed by atoms with Gasteiger partial charge in [0.2, 0.25) is 11.8 Å². The minimum absolute atomic E-state index is 0.228. The van der Waals surface area contributed by atoms with Crippen LogP contribution in [0.1, 0.15) is 12.8 Å². The van der Waals surface area contributed by atoms with Gasteiger partial charge in [0.05, 0.1) is 6.54 Å². The SMILES string of the molecule is NC(=O)CN(CC(=O)O)C(=O)NCC(=O)N1CCCC1. The molecule has 4 N–H and O–H groups in total. The number of amides is 4. The van der Waals surface area contributed by atoms with Crippen LogP contribution in [-0.4, -0.2) is 71.4 Å². The van der Waals surface area contributed by atoms with Gasteiger partial charge in [0, 0.05) is 13.1 Å². The fourth-order valence-electron chi connectivity index (χ4n) is 1.89. The van der Waals surface area contributed by atoms with Gasteiger partial charge in [0.1, 0.15) is 13.1 Å². The first kappa shape index (κ1) is 15.7. The normalized spacial score (nSPS) is 13.9. The van der Waals surface area contributed by atoms with Gasteiger partial charge < -0.3 is 26.0 Å². The summed E-state index contributed by atoms with van der Waals surface area (Å²) in [6.07, 6.45) is 1.87. The van der Waals surface area contributed by atoms with Crippen molar-refractivity contribution < 1.29 is 24.3 Å². The summed E-state index contributed by atoms with van der Waals surface area (Å²) in [5.41, 5.74) is 4.93. The predicted octanol–water partition coefficient (Wildman–Crippen LogP) is -1.81. The first-order valence-electron chi connectivity index (χ1n) is 6.21. The van der Waals surface area contributed by atoms with E-state index in [0.29, 0.717) is 13.1 Å². The van der Waals surface area contributed by atoms with Crippen LogP contribution in [0.3, 0.4) is 0 Å². The van der Waals surface area contributed by atoms with Crippen molar-refractivity contribution in [1.82, 2.24) is 15.1 Å². The fraction of sp³-hybridized carbons (Fsp3) is 0.636. The molecule has 0 aromatic rings. The van der Waals surface area contributed by atoms with Crippen LogP contribution < -0.4 is 11.1 Å². The zero-order valence-electron chi connectivity index (χ0n) is 11.0. The van der Waals surface area contributed by atoms with Crippen LogP contribution >= 0.6 is 0 Å². The third-order valence-electron chi connectivity index (χ3n) is 2.81. The molecule has 112 valence electrons. The summed E-state index contributed by atoms with van der Waals surface area (Å²) in [5, 5.41) is 10.9. The highest BCUT2D eigenvalue weighted by molar-refractivity contribution is 5.88. The number of hydrogen-bond donors (Lipinski definition) is 3. The first-order chi connectivity index (χ1) is 9.40. The summed E-state index contributed by atoms with van der Waals surface area (Å²) in [6.45, 7) is -0.0832. The van der Waals surface area contributed by atoms with Crippen molar-refractivity contribution in [2.45, 2.75) is 12.8 Å². The Hall–Kier alpha value is -2.32. The highest BCUT2D eigenvalue weighted by Crippen LogP contribution is 2.06. The van der Waals surface area contributed by atoms with Crippen molar-refractivity contribution in [3.63, 3.8) is 0 Å². The number of nitrogens with zero attached hydrogens (tertiary/aromatic N) is 2. The molecule has 9 nitrogen and oxygen atoms in total. The van der Waals surface area contributed by atoms with Crippen LogP contribution in [0.15, 0.2) is 0 Å². The topological polar surface area (TPSA) is 133 Å². The van der Waals surface area contributed by atoms with E-state index in [1.165, 1.54) is 0 Å². The molecule has 1 aliphatic rings. The lowest BCUT2D eigenvalue weighted by Crippen LogP contribution is -2.49. The average molecular weight is 286 g/mol. The van der Waals surface area contributed by atoms with Crippen molar-refractivity contribution in [3.05, 3.63) is 0 Å². The van der Waals surface area contributed by atoms with E-state index in [1.54, 1.807) is 4.90 Å². The third kappa shape index (κ3) is 5.12. The molecule has 0 aliphatic carbocycles. The Morgan fingerprint density at radius 2 is 1.75 bits per heavy atom. The average Bonchev–Trinajstić information content (AvgIpc) is 2.87. The van der Waals surface area contributed by atoms with Gasteiger partial charge in [0.25, 0.3) is 0 Å². The highest BCUT2D eigenvalue weighted by atomic mass is 16.4. The van der Waals surface area contributed by atoms with Gasteiger partial charge in [-0.05, 0) is 12.8 Å². The van der Waals surface area contributed by atoms with E-state index in [-0.39, 0.29) is 12.5 Å². The zero-order chi connectivity index (χ0) is 15.1. The van der Waals surface area contributed by atoms with E-state index in [0.717, 1.165) is 17.7 Å². The predicted molar refractivity (Wildman–Crippen MR) is 67.6 cm³/mol. The van der Waals surface area contributed by atoms with Gasteiger partial charge in [-0.1, -0.05) is 0 Å². The van der Waals surface area contributed by atoms with Crippen LogP contribution in [0, 0.1) is 0 Å². The maximum atomic E-state index is 11.7. The van der Waals surface area contributed by atoms with Crippen LogP contribution in [0.5, 0.6) is 0 Å². The zero-order valence-corrected chi connectivity index (χ0v) is 11.0. The highest BCUT2D eigenvalue weighted by Gasteiger charge is 2.22. The van der Waals surface area contributed by atoms with Crippen molar-refractivity contribution in [2.75, 3.05) is 32.7 Å². The molecule has 1 saturated heterocycles. The molecule has 1 aliphatic heterocycles. The quantitative estimate of drug-likeness (QED) is 0.529. The number of carboxylic acid groups (broad SMARTS) is 1. The molecule has 1 rings (SSSR count). The Balaban J connectivity index is 2.45. The second-order valence-electron chi connectivity index (χ2n) is 4.46. The number of primary amides is 1. The van der Waals surface area contributed by atoms with Crippen LogP contribution in [-0.2, 0) is 14.4 Å². The minimum Gasteiger partial charge on any atom is -0.480 e. The van der Waals surface area contributed by atoms with Gasteiger partial charge in [-0.25, -0.2) is 4.79 Å². The van der Waals surface area contributed by atoms with Crippen molar-refractivity contribution in [3.8, 4) is 0 Å². The number of urea groups is 1. The second-order valence-corrected chi connectivity index (χ2v) is 4.46. The lowest BCUT2D eigenvalue weighted by molar-refractivity contribution is -0.137. The number of aliphatic carboxylic acids is 1. The molecule has 1 heterocycles. The Kier molecular flexibility index (Phi) is 5.75. The Labute approximate surface area is 115 Å². The molecule has 0 unspecified atom stereocenters. The first-order valence-corrected chi connectivity index (χ1v) is 6.21.